The van der Waals surface area contributed by atoms with Crippen molar-refractivity contribution in [3.05, 3.63) is 53.9 Å². The molecule has 3 aromatic rings. The summed E-state index contributed by atoms with van der Waals surface area (Å²) in [6, 6.07) is 12.1. The summed E-state index contributed by atoms with van der Waals surface area (Å²) >= 11 is 0. The van der Waals surface area contributed by atoms with Crippen LogP contribution in [0.2, 0.25) is 0 Å². The van der Waals surface area contributed by atoms with Gasteiger partial charge in [-0.15, -0.1) is 6.42 Å². The second-order valence-electron chi connectivity index (χ2n) is 9.47. The molecule has 0 radical (unpaired) electrons. The summed E-state index contributed by atoms with van der Waals surface area (Å²) in [4.78, 5) is 11.3. The van der Waals surface area contributed by atoms with E-state index in [1.165, 1.54) is 0 Å². The summed E-state index contributed by atoms with van der Waals surface area (Å²) in [6.45, 7) is 9.01. The number of aromatic nitrogens is 2. The number of ether oxygens (including phenoxy) is 1. The molecule has 6 nitrogen and oxygen atoms in total. The maximum absolute atomic E-state index is 5.93. The zero-order valence-electron chi connectivity index (χ0n) is 21.0. The largest absolute Gasteiger partial charge is 0.492 e. The number of nitrogens with one attached hydrogen (secondary N) is 2. The Morgan fingerprint density at radius 1 is 1.17 bits per heavy atom. The molecular formula is C29H33N5O. The molecule has 35 heavy (non-hydrogen) atoms. The molecule has 2 N–H and O–H groups in total. The van der Waals surface area contributed by atoms with E-state index in [1.54, 1.807) is 6.33 Å². The van der Waals surface area contributed by atoms with Crippen molar-refractivity contribution in [3.63, 3.8) is 0 Å². The molecule has 1 aromatic heterocycles. The molecule has 1 aliphatic rings. The zero-order chi connectivity index (χ0) is 24.8. The summed E-state index contributed by atoms with van der Waals surface area (Å²) in [6.07, 6.45) is 9.38. The second-order valence-corrected chi connectivity index (χ2v) is 9.47. The Labute approximate surface area is 208 Å². The summed E-state index contributed by atoms with van der Waals surface area (Å²) in [5.41, 5.74) is 2.94. The fourth-order valence-electron chi connectivity index (χ4n) is 4.30. The van der Waals surface area contributed by atoms with Gasteiger partial charge in [-0.1, -0.05) is 23.8 Å². The van der Waals surface area contributed by atoms with Gasteiger partial charge in [-0.2, -0.15) is 0 Å². The molecule has 0 unspecified atom stereocenters. The van der Waals surface area contributed by atoms with Crippen LogP contribution in [0.3, 0.4) is 0 Å². The van der Waals surface area contributed by atoms with E-state index in [0.717, 1.165) is 59.4 Å². The van der Waals surface area contributed by atoms with Crippen LogP contribution >= 0.6 is 0 Å². The van der Waals surface area contributed by atoms with Crippen molar-refractivity contribution in [2.75, 3.05) is 32.1 Å². The Hall–Kier alpha value is -3.58. The Balaban J connectivity index is 1.66. The number of hydrogen-bond acceptors (Lipinski definition) is 6. The van der Waals surface area contributed by atoms with Gasteiger partial charge in [0, 0.05) is 28.7 Å². The molecule has 0 atom stereocenters. The highest BCUT2D eigenvalue weighted by atomic mass is 16.5. The van der Waals surface area contributed by atoms with Crippen molar-refractivity contribution in [3.8, 4) is 29.9 Å². The molecule has 0 amide bonds. The third-order valence-corrected chi connectivity index (χ3v) is 6.12. The SMILES string of the molecule is C#Cc1cccc(Nc2ncnc3cc(OCC)c(C#CC(C)(C)NC4CCN(C)CC4)cc23)c1. The summed E-state index contributed by atoms with van der Waals surface area (Å²) in [5, 5.41) is 7.98. The van der Waals surface area contributed by atoms with Gasteiger partial charge in [-0.05, 0) is 78.0 Å². The van der Waals surface area contributed by atoms with Crippen molar-refractivity contribution in [2.45, 2.75) is 45.2 Å². The van der Waals surface area contributed by atoms with Crippen molar-refractivity contribution in [1.82, 2.24) is 20.2 Å². The molecule has 2 aromatic carbocycles. The highest BCUT2D eigenvalue weighted by molar-refractivity contribution is 5.93. The van der Waals surface area contributed by atoms with Crippen LogP contribution in [0, 0.1) is 24.2 Å². The first kappa shape index (κ1) is 24.5. The number of likely N-dealkylation sites (tertiary alicyclic amines) is 1. The van der Waals surface area contributed by atoms with Gasteiger partial charge in [-0.3, -0.25) is 5.32 Å². The molecular weight excluding hydrogens is 434 g/mol. The van der Waals surface area contributed by atoms with Gasteiger partial charge >= 0.3 is 0 Å². The van der Waals surface area contributed by atoms with E-state index in [2.05, 4.69) is 64.2 Å². The van der Waals surface area contributed by atoms with Crippen LogP contribution in [0.1, 0.15) is 44.7 Å². The Morgan fingerprint density at radius 3 is 2.71 bits per heavy atom. The van der Waals surface area contributed by atoms with Crippen molar-refractivity contribution < 1.29 is 4.74 Å². The first-order valence-corrected chi connectivity index (χ1v) is 12.1. The van der Waals surface area contributed by atoms with E-state index >= 15 is 0 Å². The number of rotatable bonds is 6. The third-order valence-electron chi connectivity index (χ3n) is 6.12. The van der Waals surface area contributed by atoms with Crippen LogP contribution in [0.5, 0.6) is 5.75 Å². The Bertz CT molecular complexity index is 1290. The lowest BCUT2D eigenvalue weighted by Crippen LogP contribution is -2.49. The van der Waals surface area contributed by atoms with E-state index in [1.807, 2.05) is 43.3 Å². The number of piperidine rings is 1. The Kier molecular flexibility index (Phi) is 7.56. The molecule has 4 rings (SSSR count). The monoisotopic (exact) mass is 467 g/mol. The zero-order valence-corrected chi connectivity index (χ0v) is 21.0. The predicted molar refractivity (Wildman–Crippen MR) is 143 cm³/mol. The molecule has 180 valence electrons. The van der Waals surface area contributed by atoms with Gasteiger partial charge < -0.3 is 15.0 Å². The fraction of sp³-hybridized carbons (Fsp3) is 0.379. The van der Waals surface area contributed by atoms with E-state index in [0.29, 0.717) is 18.5 Å². The number of nitrogens with zero attached hydrogens (tertiary/aromatic N) is 3. The number of benzene rings is 2. The lowest BCUT2D eigenvalue weighted by molar-refractivity contribution is 0.219. The average Bonchev–Trinajstić information content (AvgIpc) is 2.85. The van der Waals surface area contributed by atoms with Crippen LogP contribution < -0.4 is 15.4 Å². The molecule has 0 spiro atoms. The molecule has 0 aliphatic carbocycles. The number of terminal acetylenes is 1. The first-order chi connectivity index (χ1) is 16.9. The van der Waals surface area contributed by atoms with Crippen molar-refractivity contribution in [1.29, 1.82) is 0 Å². The standard InChI is InChI=1S/C29H33N5O/c1-6-21-9-8-10-24(17-21)32-28-25-18-22(27(35-7-2)19-26(25)30-20-31-28)11-14-29(3,4)33-23-12-15-34(5)16-13-23/h1,8-10,17-20,23,33H,7,12-13,15-16H2,2-5H3,(H,30,31,32). The number of anilines is 2. The molecule has 1 fully saturated rings. The van der Waals surface area contributed by atoms with Crippen molar-refractivity contribution >= 4 is 22.4 Å². The lowest BCUT2D eigenvalue weighted by Gasteiger charge is -2.34. The Morgan fingerprint density at radius 2 is 1.97 bits per heavy atom. The average molecular weight is 468 g/mol. The van der Waals surface area contributed by atoms with Crippen LogP contribution in [0.4, 0.5) is 11.5 Å². The van der Waals surface area contributed by atoms with E-state index in [9.17, 15) is 0 Å². The number of hydrogen-bond donors (Lipinski definition) is 2. The van der Waals surface area contributed by atoms with Gasteiger partial charge in [0.25, 0.3) is 0 Å². The fourth-order valence-corrected chi connectivity index (χ4v) is 4.30. The summed E-state index contributed by atoms with van der Waals surface area (Å²) in [5.74, 6) is 10.9. The maximum Gasteiger partial charge on any atom is 0.141 e. The predicted octanol–water partition coefficient (Wildman–Crippen LogP) is 4.57. The van der Waals surface area contributed by atoms with E-state index in [4.69, 9.17) is 11.2 Å². The normalized spacial score (nSPS) is 14.7. The minimum Gasteiger partial charge on any atom is -0.492 e. The van der Waals surface area contributed by atoms with Gasteiger partial charge in [0.05, 0.1) is 23.2 Å². The molecule has 6 heteroatoms. The van der Waals surface area contributed by atoms with Gasteiger partial charge in [-0.25, -0.2) is 9.97 Å². The smallest absolute Gasteiger partial charge is 0.141 e. The molecule has 0 saturated carbocycles. The summed E-state index contributed by atoms with van der Waals surface area (Å²) < 4.78 is 5.93. The van der Waals surface area contributed by atoms with Gasteiger partial charge in [0.1, 0.15) is 17.9 Å². The second kappa shape index (κ2) is 10.8. The van der Waals surface area contributed by atoms with Crippen molar-refractivity contribution in [2.24, 2.45) is 0 Å². The van der Waals surface area contributed by atoms with Gasteiger partial charge in [0.2, 0.25) is 0 Å². The minimum atomic E-state index is -0.330. The quantitative estimate of drug-likeness (QED) is 0.518. The first-order valence-electron chi connectivity index (χ1n) is 12.1. The molecule has 0 bridgehead atoms. The topological polar surface area (TPSA) is 62.3 Å². The summed E-state index contributed by atoms with van der Waals surface area (Å²) in [7, 11) is 2.18. The minimum absolute atomic E-state index is 0.330. The molecule has 2 heterocycles. The van der Waals surface area contributed by atoms with Crippen LogP contribution in [0.25, 0.3) is 10.9 Å². The molecule has 1 saturated heterocycles. The highest BCUT2D eigenvalue weighted by Gasteiger charge is 2.23. The van der Waals surface area contributed by atoms with Crippen LogP contribution in [0.15, 0.2) is 42.7 Å². The third kappa shape index (κ3) is 6.31. The van der Waals surface area contributed by atoms with Gasteiger partial charge in [0.15, 0.2) is 0 Å². The van der Waals surface area contributed by atoms with E-state index in [-0.39, 0.29) is 5.54 Å². The van der Waals surface area contributed by atoms with Crippen LogP contribution in [-0.2, 0) is 0 Å². The molecule has 1 aliphatic heterocycles. The van der Waals surface area contributed by atoms with Crippen LogP contribution in [-0.4, -0.2) is 53.2 Å². The lowest BCUT2D eigenvalue weighted by atomic mass is 9.98. The van der Waals surface area contributed by atoms with E-state index < -0.39 is 0 Å². The maximum atomic E-state index is 5.93. The number of fused-ring (bicyclic) bond motifs is 1. The highest BCUT2D eigenvalue weighted by Crippen LogP contribution is 2.30.